The number of aromatic nitrogens is 2. The Hall–Kier alpha value is -2.51. The fourth-order valence-corrected chi connectivity index (χ4v) is 3.78. The lowest BCUT2D eigenvalue weighted by atomic mass is 10.1. The Labute approximate surface area is 182 Å². The average Bonchev–Trinajstić information content (AvgIpc) is 3.18. The van der Waals surface area contributed by atoms with Gasteiger partial charge < -0.3 is 5.11 Å². The Morgan fingerprint density at radius 3 is 2.53 bits per heavy atom. The lowest BCUT2D eigenvalue weighted by molar-refractivity contribution is -0.192. The number of aliphatic carboxylic acids is 1. The number of carboxylic acids is 1. The largest absolute Gasteiger partial charge is 0.490 e. The molecule has 2 N–H and O–H groups in total. The van der Waals surface area contributed by atoms with Gasteiger partial charge in [0, 0.05) is 37.9 Å². The van der Waals surface area contributed by atoms with Crippen molar-refractivity contribution in [3.8, 4) is 0 Å². The molecule has 0 spiro atoms. The highest BCUT2D eigenvalue weighted by atomic mass is 32.2. The summed E-state index contributed by atoms with van der Waals surface area (Å²) in [5.74, 6) is -2.88. The molecule has 0 fully saturated rings. The second kappa shape index (κ2) is 10.9. The van der Waals surface area contributed by atoms with E-state index in [1.807, 2.05) is 16.8 Å². The third-order valence-electron chi connectivity index (χ3n) is 4.73. The number of carboxylic acid groups (broad SMARTS) is 1. The molecule has 8 nitrogen and oxygen atoms in total. The van der Waals surface area contributed by atoms with Crippen LogP contribution in [0.5, 0.6) is 0 Å². The molecule has 0 saturated carbocycles. The summed E-state index contributed by atoms with van der Waals surface area (Å²) in [6, 6.07) is 8.81. The molecule has 0 aliphatic carbocycles. The minimum Gasteiger partial charge on any atom is -0.475 e. The summed E-state index contributed by atoms with van der Waals surface area (Å²) in [5, 5.41) is 11.5. The molecule has 1 atom stereocenters. The Balaban J connectivity index is 0.000000451. The Kier molecular flexibility index (Phi) is 8.75. The molecule has 32 heavy (non-hydrogen) atoms. The second-order valence-electron chi connectivity index (χ2n) is 7.07. The van der Waals surface area contributed by atoms with Crippen molar-refractivity contribution in [3.05, 3.63) is 53.6 Å². The summed E-state index contributed by atoms with van der Waals surface area (Å²) in [4.78, 5) is 11.1. The topological polar surface area (TPSA) is 105 Å². The molecule has 1 aliphatic heterocycles. The number of halogens is 4. The predicted molar refractivity (Wildman–Crippen MR) is 108 cm³/mol. The highest BCUT2D eigenvalue weighted by Gasteiger charge is 2.38. The third kappa shape index (κ3) is 7.57. The first-order valence-electron chi connectivity index (χ1n) is 9.68. The molecule has 1 unspecified atom stereocenters. The van der Waals surface area contributed by atoms with Gasteiger partial charge in [-0.25, -0.2) is 22.3 Å². The number of rotatable bonds is 7. The van der Waals surface area contributed by atoms with Gasteiger partial charge in [0.1, 0.15) is 5.82 Å². The molecule has 0 saturated heterocycles. The van der Waals surface area contributed by atoms with E-state index in [9.17, 15) is 26.0 Å². The summed E-state index contributed by atoms with van der Waals surface area (Å²) >= 11 is 0. The molecular formula is C19H24F4N4O4S. The van der Waals surface area contributed by atoms with Crippen molar-refractivity contribution in [1.82, 2.24) is 19.4 Å². The number of fused-ring (bicyclic) bond motifs is 1. The van der Waals surface area contributed by atoms with Crippen LogP contribution in [0.15, 0.2) is 36.5 Å². The van der Waals surface area contributed by atoms with E-state index in [1.165, 1.54) is 6.07 Å². The highest BCUT2D eigenvalue weighted by Crippen LogP contribution is 2.24. The van der Waals surface area contributed by atoms with Gasteiger partial charge in [-0.15, -0.1) is 0 Å². The van der Waals surface area contributed by atoms with E-state index in [2.05, 4.69) is 14.7 Å². The SMILES string of the molecule is CCS(=O)(=O)NCCC1CN(Cc2ccccc2F)Cc2ccnn21.O=C(O)C(F)(F)F. The minimum atomic E-state index is -5.08. The van der Waals surface area contributed by atoms with Crippen molar-refractivity contribution in [2.45, 2.75) is 38.7 Å². The monoisotopic (exact) mass is 480 g/mol. The molecule has 0 bridgehead atoms. The van der Waals surface area contributed by atoms with Gasteiger partial charge in [-0.2, -0.15) is 18.3 Å². The Morgan fingerprint density at radius 2 is 1.94 bits per heavy atom. The van der Waals surface area contributed by atoms with E-state index < -0.39 is 22.2 Å². The van der Waals surface area contributed by atoms with Gasteiger partial charge in [-0.3, -0.25) is 9.58 Å². The van der Waals surface area contributed by atoms with Gasteiger partial charge in [-0.05, 0) is 25.5 Å². The van der Waals surface area contributed by atoms with Gasteiger partial charge in [-0.1, -0.05) is 18.2 Å². The summed E-state index contributed by atoms with van der Waals surface area (Å²) < 4.78 is 73.4. The van der Waals surface area contributed by atoms with Gasteiger partial charge in [0.2, 0.25) is 10.0 Å². The molecule has 1 aromatic carbocycles. The predicted octanol–water partition coefficient (Wildman–Crippen LogP) is 2.54. The van der Waals surface area contributed by atoms with Crippen molar-refractivity contribution in [1.29, 1.82) is 0 Å². The number of nitrogens with one attached hydrogen (secondary N) is 1. The normalized spacial score (nSPS) is 16.7. The van der Waals surface area contributed by atoms with E-state index in [0.717, 1.165) is 5.69 Å². The molecular weight excluding hydrogens is 456 g/mol. The van der Waals surface area contributed by atoms with Crippen molar-refractivity contribution in [2.75, 3.05) is 18.8 Å². The van der Waals surface area contributed by atoms with Crippen LogP contribution in [0.25, 0.3) is 0 Å². The fourth-order valence-electron chi connectivity index (χ4n) is 3.15. The number of benzene rings is 1. The maximum Gasteiger partial charge on any atom is 0.490 e. The summed E-state index contributed by atoms with van der Waals surface area (Å²) in [6.45, 7) is 3.91. The number of hydrogen-bond donors (Lipinski definition) is 2. The molecule has 178 valence electrons. The maximum absolute atomic E-state index is 13.9. The average molecular weight is 480 g/mol. The third-order valence-corrected chi connectivity index (χ3v) is 6.13. The number of nitrogens with zero attached hydrogens (tertiary/aromatic N) is 3. The van der Waals surface area contributed by atoms with E-state index in [4.69, 9.17) is 9.90 Å². The van der Waals surface area contributed by atoms with Crippen LogP contribution >= 0.6 is 0 Å². The molecule has 3 rings (SSSR count). The van der Waals surface area contributed by atoms with Crippen LogP contribution in [0, 0.1) is 5.82 Å². The Morgan fingerprint density at radius 1 is 1.28 bits per heavy atom. The zero-order valence-electron chi connectivity index (χ0n) is 17.2. The molecule has 13 heteroatoms. The van der Waals surface area contributed by atoms with E-state index in [0.29, 0.717) is 38.2 Å². The number of sulfonamides is 1. The van der Waals surface area contributed by atoms with Crippen molar-refractivity contribution < 1.29 is 35.9 Å². The van der Waals surface area contributed by atoms with Crippen molar-refractivity contribution in [2.24, 2.45) is 0 Å². The lowest BCUT2D eigenvalue weighted by Gasteiger charge is -2.34. The highest BCUT2D eigenvalue weighted by molar-refractivity contribution is 7.89. The molecule has 2 heterocycles. The fraction of sp³-hybridized carbons (Fsp3) is 0.474. The minimum absolute atomic E-state index is 0.0603. The molecule has 1 aromatic heterocycles. The van der Waals surface area contributed by atoms with Crippen LogP contribution in [0.2, 0.25) is 0 Å². The summed E-state index contributed by atoms with van der Waals surface area (Å²) in [5.41, 5.74) is 1.73. The van der Waals surface area contributed by atoms with Crippen molar-refractivity contribution in [3.63, 3.8) is 0 Å². The van der Waals surface area contributed by atoms with Gasteiger partial charge in [0.05, 0.1) is 17.5 Å². The zero-order valence-corrected chi connectivity index (χ0v) is 18.0. The van der Waals surface area contributed by atoms with Crippen LogP contribution in [-0.4, -0.2) is 59.2 Å². The molecule has 0 radical (unpaired) electrons. The molecule has 2 aromatic rings. The smallest absolute Gasteiger partial charge is 0.475 e. The van der Waals surface area contributed by atoms with Crippen LogP contribution < -0.4 is 4.72 Å². The molecule has 1 aliphatic rings. The first-order valence-corrected chi connectivity index (χ1v) is 11.3. The van der Waals surface area contributed by atoms with Gasteiger partial charge in [0.25, 0.3) is 0 Å². The van der Waals surface area contributed by atoms with Gasteiger partial charge >= 0.3 is 12.1 Å². The van der Waals surface area contributed by atoms with E-state index >= 15 is 0 Å². The number of carbonyl (C=O) groups is 1. The van der Waals surface area contributed by atoms with Crippen molar-refractivity contribution >= 4 is 16.0 Å². The second-order valence-corrected chi connectivity index (χ2v) is 9.17. The Bertz CT molecular complexity index is 1010. The van der Waals surface area contributed by atoms with Gasteiger partial charge in [0.15, 0.2) is 0 Å². The quantitative estimate of drug-likeness (QED) is 0.591. The summed E-state index contributed by atoms with van der Waals surface area (Å²) in [6.07, 6.45) is -2.69. The first kappa shape index (κ1) is 25.7. The number of alkyl halides is 3. The van der Waals surface area contributed by atoms with Crippen LogP contribution in [0.3, 0.4) is 0 Å². The first-order chi connectivity index (χ1) is 14.9. The lowest BCUT2D eigenvalue weighted by Crippen LogP contribution is -2.39. The molecule has 0 amide bonds. The standard InChI is InChI=1S/C17H23FN4O2S.C2HF3O2/c1-2-25(23,24)20-10-8-16-13-21(12-15-7-9-19-22(15)16)11-14-5-3-4-6-17(14)18;3-2(4,5)1(6)7/h3-7,9,16,20H,2,8,10-13H2,1H3;(H,6,7). The maximum atomic E-state index is 13.9. The van der Waals surface area contributed by atoms with Crippen LogP contribution in [0.1, 0.15) is 30.6 Å². The number of hydrogen-bond acceptors (Lipinski definition) is 5. The van der Waals surface area contributed by atoms with E-state index in [-0.39, 0.29) is 17.6 Å². The summed E-state index contributed by atoms with van der Waals surface area (Å²) in [7, 11) is -3.19. The van der Waals surface area contributed by atoms with E-state index in [1.54, 1.807) is 25.3 Å². The van der Waals surface area contributed by atoms with Crippen LogP contribution in [-0.2, 0) is 27.9 Å². The zero-order chi connectivity index (χ0) is 23.9. The van der Waals surface area contributed by atoms with Crippen LogP contribution in [0.4, 0.5) is 17.6 Å².